The van der Waals surface area contributed by atoms with E-state index in [9.17, 15) is 4.79 Å². The Hall–Kier alpha value is -1.36. The molecular weight excluding hydrogens is 170 g/mol. The van der Waals surface area contributed by atoms with Crippen LogP contribution in [-0.2, 0) is 0 Å². The Balaban J connectivity index is 2.35. The van der Waals surface area contributed by atoms with E-state index in [2.05, 4.69) is 15.5 Å². The van der Waals surface area contributed by atoms with Crippen molar-refractivity contribution >= 4 is 5.91 Å². The average molecular weight is 183 g/mol. The van der Waals surface area contributed by atoms with Gasteiger partial charge >= 0.3 is 0 Å². The molecule has 0 aliphatic carbocycles. The zero-order valence-electron chi connectivity index (χ0n) is 7.45. The topological polar surface area (TPSA) is 78.0 Å². The van der Waals surface area contributed by atoms with Crippen molar-refractivity contribution in [2.24, 2.45) is 0 Å². The number of hydrogen-bond donors (Lipinski definition) is 3. The van der Waals surface area contributed by atoms with Gasteiger partial charge in [-0.15, -0.1) is 0 Å². The molecule has 5 nitrogen and oxygen atoms in total. The van der Waals surface area contributed by atoms with E-state index >= 15 is 0 Å². The van der Waals surface area contributed by atoms with Crippen molar-refractivity contribution in [2.45, 2.75) is 19.4 Å². The van der Waals surface area contributed by atoms with Crippen LogP contribution in [0.5, 0.6) is 0 Å². The lowest BCUT2D eigenvalue weighted by Gasteiger charge is -2.07. The van der Waals surface area contributed by atoms with Crippen LogP contribution in [0.4, 0.5) is 0 Å². The fraction of sp³-hybridized carbons (Fsp3) is 0.500. The molecule has 0 aromatic carbocycles. The molecule has 0 fully saturated rings. The zero-order chi connectivity index (χ0) is 9.68. The quantitative estimate of drug-likeness (QED) is 0.610. The zero-order valence-corrected chi connectivity index (χ0v) is 7.45. The van der Waals surface area contributed by atoms with E-state index in [1.54, 1.807) is 0 Å². The van der Waals surface area contributed by atoms with Crippen molar-refractivity contribution in [2.75, 3.05) is 6.54 Å². The van der Waals surface area contributed by atoms with E-state index in [1.807, 2.05) is 6.92 Å². The molecule has 0 aliphatic rings. The number of carbonyl (C=O) groups excluding carboxylic acids is 1. The lowest BCUT2D eigenvalue weighted by Crippen LogP contribution is -2.31. The molecule has 13 heavy (non-hydrogen) atoms. The first-order valence-corrected chi connectivity index (χ1v) is 4.19. The fourth-order valence-corrected chi connectivity index (χ4v) is 0.832. The van der Waals surface area contributed by atoms with Gasteiger partial charge in [-0.25, -0.2) is 0 Å². The molecule has 1 amide bonds. The molecule has 0 bridgehead atoms. The van der Waals surface area contributed by atoms with Crippen molar-refractivity contribution in [3.63, 3.8) is 0 Å². The van der Waals surface area contributed by atoms with Gasteiger partial charge in [-0.1, -0.05) is 6.92 Å². The number of rotatable bonds is 4. The molecule has 1 heterocycles. The van der Waals surface area contributed by atoms with Crippen LogP contribution in [0.15, 0.2) is 12.4 Å². The first-order valence-electron chi connectivity index (χ1n) is 4.19. The van der Waals surface area contributed by atoms with Gasteiger partial charge in [-0.05, 0) is 6.42 Å². The number of amides is 1. The molecule has 1 rings (SSSR count). The first kappa shape index (κ1) is 9.73. The smallest absolute Gasteiger partial charge is 0.254 e. The maximum Gasteiger partial charge on any atom is 0.254 e. The van der Waals surface area contributed by atoms with Gasteiger partial charge in [0.2, 0.25) is 0 Å². The number of carbonyl (C=O) groups is 1. The second kappa shape index (κ2) is 4.61. The molecule has 0 saturated heterocycles. The Kier molecular flexibility index (Phi) is 3.45. The van der Waals surface area contributed by atoms with Crippen molar-refractivity contribution in [1.82, 2.24) is 15.5 Å². The average Bonchev–Trinajstić information content (AvgIpc) is 2.66. The highest BCUT2D eigenvalue weighted by Gasteiger charge is 2.07. The summed E-state index contributed by atoms with van der Waals surface area (Å²) in [5.74, 6) is -0.221. The summed E-state index contributed by atoms with van der Waals surface area (Å²) in [7, 11) is 0. The molecule has 0 saturated carbocycles. The van der Waals surface area contributed by atoms with E-state index in [-0.39, 0.29) is 12.5 Å². The lowest BCUT2D eigenvalue weighted by molar-refractivity contribution is 0.0914. The normalized spacial score (nSPS) is 12.5. The molecular formula is C8H13N3O2. The number of aliphatic hydroxyl groups excluding tert-OH is 1. The van der Waals surface area contributed by atoms with Crippen molar-refractivity contribution in [1.29, 1.82) is 0 Å². The summed E-state index contributed by atoms with van der Waals surface area (Å²) in [5.41, 5.74) is 0.475. The van der Waals surface area contributed by atoms with Crippen LogP contribution < -0.4 is 5.32 Å². The van der Waals surface area contributed by atoms with Gasteiger partial charge in [0.05, 0.1) is 17.9 Å². The second-order valence-electron chi connectivity index (χ2n) is 2.76. The van der Waals surface area contributed by atoms with Crippen LogP contribution in [0.3, 0.4) is 0 Å². The van der Waals surface area contributed by atoms with Crippen molar-refractivity contribution in [3.8, 4) is 0 Å². The van der Waals surface area contributed by atoms with Gasteiger partial charge in [0.1, 0.15) is 0 Å². The maximum atomic E-state index is 11.2. The monoisotopic (exact) mass is 183 g/mol. The van der Waals surface area contributed by atoms with Gasteiger partial charge in [-0.2, -0.15) is 5.10 Å². The highest BCUT2D eigenvalue weighted by molar-refractivity contribution is 5.93. The van der Waals surface area contributed by atoms with Crippen molar-refractivity contribution < 1.29 is 9.90 Å². The van der Waals surface area contributed by atoms with E-state index in [0.29, 0.717) is 12.0 Å². The van der Waals surface area contributed by atoms with E-state index in [0.717, 1.165) is 0 Å². The summed E-state index contributed by atoms with van der Waals surface area (Å²) in [6.45, 7) is 2.13. The molecule has 1 aromatic rings. The van der Waals surface area contributed by atoms with Crippen LogP contribution in [0.25, 0.3) is 0 Å². The number of aromatic nitrogens is 2. The van der Waals surface area contributed by atoms with Crippen LogP contribution in [-0.4, -0.2) is 33.9 Å². The van der Waals surface area contributed by atoms with Crippen LogP contribution in [0, 0.1) is 0 Å². The van der Waals surface area contributed by atoms with Gasteiger partial charge < -0.3 is 10.4 Å². The van der Waals surface area contributed by atoms with E-state index < -0.39 is 6.10 Å². The Labute approximate surface area is 76.2 Å². The van der Waals surface area contributed by atoms with Crippen LogP contribution >= 0.6 is 0 Å². The molecule has 5 heteroatoms. The Morgan fingerprint density at radius 3 is 3.15 bits per heavy atom. The summed E-state index contributed by atoms with van der Waals surface area (Å²) in [4.78, 5) is 11.2. The molecule has 3 N–H and O–H groups in total. The standard InChI is InChI=1S/C8H13N3O2/c1-2-7(12)5-9-8(13)6-3-10-11-4-6/h3-4,7,12H,2,5H2,1H3,(H,9,13)(H,10,11). The van der Waals surface area contributed by atoms with E-state index in [4.69, 9.17) is 5.11 Å². The van der Waals surface area contributed by atoms with Crippen LogP contribution in [0.1, 0.15) is 23.7 Å². The summed E-state index contributed by atoms with van der Waals surface area (Å²) in [6, 6.07) is 0. The largest absolute Gasteiger partial charge is 0.391 e. The number of aromatic amines is 1. The number of hydrogen-bond acceptors (Lipinski definition) is 3. The molecule has 0 spiro atoms. The van der Waals surface area contributed by atoms with Gasteiger partial charge in [0.15, 0.2) is 0 Å². The number of nitrogens with zero attached hydrogens (tertiary/aromatic N) is 1. The van der Waals surface area contributed by atoms with Crippen LogP contribution in [0.2, 0.25) is 0 Å². The summed E-state index contributed by atoms with van der Waals surface area (Å²) >= 11 is 0. The molecule has 0 aliphatic heterocycles. The summed E-state index contributed by atoms with van der Waals surface area (Å²) < 4.78 is 0. The Morgan fingerprint density at radius 2 is 2.62 bits per heavy atom. The van der Waals surface area contributed by atoms with Crippen molar-refractivity contribution in [3.05, 3.63) is 18.0 Å². The van der Waals surface area contributed by atoms with E-state index in [1.165, 1.54) is 12.4 Å². The molecule has 0 radical (unpaired) electrons. The number of nitrogens with one attached hydrogen (secondary N) is 2. The predicted octanol–water partition coefficient (Wildman–Crippen LogP) is -0.0896. The Bertz CT molecular complexity index is 258. The summed E-state index contributed by atoms with van der Waals surface area (Å²) in [5, 5.41) is 17.9. The minimum absolute atomic E-state index is 0.221. The maximum absolute atomic E-state index is 11.2. The highest BCUT2D eigenvalue weighted by Crippen LogP contribution is 1.93. The molecule has 1 aromatic heterocycles. The minimum atomic E-state index is -0.476. The van der Waals surface area contributed by atoms with Gasteiger partial charge in [0.25, 0.3) is 5.91 Å². The molecule has 72 valence electrons. The molecule has 1 unspecified atom stereocenters. The SMILES string of the molecule is CCC(O)CNC(=O)c1cn[nH]c1. The first-order chi connectivity index (χ1) is 6.24. The number of H-pyrrole nitrogens is 1. The van der Waals surface area contributed by atoms with Gasteiger partial charge in [0, 0.05) is 12.7 Å². The second-order valence-corrected chi connectivity index (χ2v) is 2.76. The van der Waals surface area contributed by atoms with Gasteiger partial charge in [-0.3, -0.25) is 9.89 Å². The third kappa shape index (κ3) is 2.87. The third-order valence-corrected chi connectivity index (χ3v) is 1.73. The summed E-state index contributed by atoms with van der Waals surface area (Å²) in [6.07, 6.45) is 3.10. The highest BCUT2D eigenvalue weighted by atomic mass is 16.3. The minimum Gasteiger partial charge on any atom is -0.391 e. The molecule has 1 atom stereocenters. The lowest BCUT2D eigenvalue weighted by atomic mass is 10.2. The number of aliphatic hydroxyl groups is 1. The Morgan fingerprint density at radius 1 is 1.85 bits per heavy atom. The fourth-order valence-electron chi connectivity index (χ4n) is 0.832. The predicted molar refractivity (Wildman–Crippen MR) is 47.2 cm³/mol. The third-order valence-electron chi connectivity index (χ3n) is 1.73.